The molecular weight excluding hydrogens is 1290 g/mol. The van der Waals surface area contributed by atoms with E-state index in [1.807, 2.05) is 0 Å². The summed E-state index contributed by atoms with van der Waals surface area (Å²) in [7, 11) is 0. The lowest BCUT2D eigenvalue weighted by molar-refractivity contribution is -0.149. The number of carbonyl (C=O) groups excluding carboxylic acids is 14. The van der Waals surface area contributed by atoms with Crippen molar-refractivity contribution in [3.8, 4) is 5.75 Å². The number of aliphatic carboxylic acids is 1. The van der Waals surface area contributed by atoms with Crippen LogP contribution in [0.4, 0.5) is 0 Å². The molecule has 34 nitrogen and oxygen atoms in total. The number of nitrogens with two attached hydrogens (primary N) is 2. The Balaban J connectivity index is 1.05. The Hall–Kier alpha value is -9.05. The van der Waals surface area contributed by atoms with Crippen LogP contribution >= 0.6 is 0 Å². The Kier molecular flexibility index (Phi) is 28.8. The molecule has 1 aromatic rings. The molecular formula is C65H99N15O19. The molecule has 14 amide bonds. The Morgan fingerprint density at radius 1 is 0.515 bits per heavy atom. The van der Waals surface area contributed by atoms with Gasteiger partial charge in [-0.2, -0.15) is 0 Å². The number of carboxylic acid groups (broad SMARTS) is 1. The average Bonchev–Trinajstić information content (AvgIpc) is 1.71. The molecule has 0 radical (unpaired) electrons. The van der Waals surface area contributed by atoms with E-state index in [-0.39, 0.29) is 107 Å². The van der Waals surface area contributed by atoms with Crippen LogP contribution in [0.2, 0.25) is 0 Å². The van der Waals surface area contributed by atoms with E-state index in [2.05, 4.69) is 42.5 Å². The van der Waals surface area contributed by atoms with Crippen LogP contribution in [0.25, 0.3) is 0 Å². The maximum atomic E-state index is 14.5. The summed E-state index contributed by atoms with van der Waals surface area (Å²) in [6.07, 6.45) is 0.297. The van der Waals surface area contributed by atoms with Gasteiger partial charge in [0.05, 0.1) is 25.3 Å². The monoisotopic (exact) mass is 1390 g/mol. The number of hydrogen-bond acceptors (Lipinski definition) is 19. The molecule has 34 heteroatoms. The minimum absolute atomic E-state index is 0.0103. The van der Waals surface area contributed by atoms with Crippen LogP contribution in [0.5, 0.6) is 5.75 Å². The molecule has 0 aromatic heterocycles. The van der Waals surface area contributed by atoms with Crippen LogP contribution in [0.1, 0.15) is 138 Å². The summed E-state index contributed by atoms with van der Waals surface area (Å²) in [4.78, 5) is 210. The van der Waals surface area contributed by atoms with Gasteiger partial charge in [0, 0.05) is 45.6 Å². The molecule has 5 aliphatic heterocycles. The average molecular weight is 1390 g/mol. The first-order valence-corrected chi connectivity index (χ1v) is 34.0. The molecule has 16 N–H and O–H groups in total. The predicted molar refractivity (Wildman–Crippen MR) is 350 cm³/mol. The van der Waals surface area contributed by atoms with Crippen molar-refractivity contribution in [2.24, 2.45) is 23.3 Å². The lowest BCUT2D eigenvalue weighted by atomic mass is 10.0. The van der Waals surface area contributed by atoms with Crippen LogP contribution in [0, 0.1) is 11.8 Å². The fourth-order valence-corrected chi connectivity index (χ4v) is 13.1. The van der Waals surface area contributed by atoms with E-state index in [4.69, 9.17) is 11.5 Å². The van der Waals surface area contributed by atoms with Crippen LogP contribution in [0.15, 0.2) is 24.3 Å². The van der Waals surface area contributed by atoms with Crippen molar-refractivity contribution >= 4 is 88.7 Å². The first-order valence-electron chi connectivity index (χ1n) is 34.0. The molecule has 5 fully saturated rings. The minimum atomic E-state index is -1.67. The smallest absolute Gasteiger partial charge is 0.326 e. The molecule has 0 unspecified atom stereocenters. The van der Waals surface area contributed by atoms with Gasteiger partial charge in [0.1, 0.15) is 78.3 Å². The largest absolute Gasteiger partial charge is 0.508 e. The molecule has 5 aliphatic rings. The molecule has 548 valence electrons. The number of carbonyl (C=O) groups is 15. The summed E-state index contributed by atoms with van der Waals surface area (Å²) in [5.74, 6) is -12.4. The lowest BCUT2D eigenvalue weighted by Crippen LogP contribution is -2.61. The van der Waals surface area contributed by atoms with Gasteiger partial charge >= 0.3 is 5.97 Å². The highest BCUT2D eigenvalue weighted by Crippen LogP contribution is 2.28. The van der Waals surface area contributed by atoms with E-state index in [1.165, 1.54) is 59.7 Å². The van der Waals surface area contributed by atoms with Crippen LogP contribution < -0.4 is 54.0 Å². The third-order valence-electron chi connectivity index (χ3n) is 18.6. The Labute approximate surface area is 573 Å². The predicted octanol–water partition coefficient (Wildman–Crippen LogP) is -4.81. The molecule has 0 spiro atoms. The molecule has 99 heavy (non-hydrogen) atoms. The third kappa shape index (κ3) is 21.0. The molecule has 5 saturated heterocycles. The molecule has 14 atom stereocenters. The zero-order valence-electron chi connectivity index (χ0n) is 57.2. The maximum absolute atomic E-state index is 14.5. The first-order chi connectivity index (χ1) is 46.7. The van der Waals surface area contributed by atoms with Crippen LogP contribution in [0.3, 0.4) is 0 Å². The highest BCUT2D eigenvalue weighted by molar-refractivity contribution is 6.00. The van der Waals surface area contributed by atoms with Gasteiger partial charge in [-0.15, -0.1) is 0 Å². The number of aliphatic hydroxyl groups excluding tert-OH is 2. The number of nitrogens with zero attached hydrogens (tertiary/aromatic N) is 5. The fourth-order valence-electron chi connectivity index (χ4n) is 13.1. The molecule has 0 bridgehead atoms. The highest BCUT2D eigenvalue weighted by atomic mass is 16.4. The summed E-state index contributed by atoms with van der Waals surface area (Å²) in [5.41, 5.74) is 12.0. The van der Waals surface area contributed by atoms with Gasteiger partial charge in [-0.05, 0) is 127 Å². The zero-order valence-corrected chi connectivity index (χ0v) is 57.2. The first kappa shape index (κ1) is 78.9. The normalized spacial score (nSPS) is 21.8. The number of likely N-dealkylation sites (tertiary alicyclic amines) is 5. The molecule has 5 heterocycles. The number of aromatic hydroxyl groups is 1. The summed E-state index contributed by atoms with van der Waals surface area (Å²) in [6.45, 7) is 10.1. The number of rotatable bonds is 32. The maximum Gasteiger partial charge on any atom is 0.326 e. The number of aliphatic hydroxyl groups is 2. The van der Waals surface area contributed by atoms with Crippen molar-refractivity contribution in [3.05, 3.63) is 29.8 Å². The van der Waals surface area contributed by atoms with E-state index in [9.17, 15) is 92.3 Å². The Morgan fingerprint density at radius 3 is 1.51 bits per heavy atom. The van der Waals surface area contributed by atoms with Gasteiger partial charge in [0.25, 0.3) is 0 Å². The van der Waals surface area contributed by atoms with E-state index < -0.39 is 187 Å². The minimum Gasteiger partial charge on any atom is -0.508 e. The van der Waals surface area contributed by atoms with Crippen molar-refractivity contribution in [3.63, 3.8) is 0 Å². The van der Waals surface area contributed by atoms with E-state index in [1.54, 1.807) is 27.7 Å². The quantitative estimate of drug-likeness (QED) is 0.0322. The van der Waals surface area contributed by atoms with Crippen molar-refractivity contribution < 1.29 is 92.3 Å². The number of phenols is 1. The topological polar surface area (TPSA) is 501 Å². The summed E-state index contributed by atoms with van der Waals surface area (Å²) < 4.78 is 0. The third-order valence-corrected chi connectivity index (χ3v) is 18.6. The van der Waals surface area contributed by atoms with Crippen molar-refractivity contribution in [2.45, 2.75) is 223 Å². The second kappa shape index (κ2) is 36.2. The summed E-state index contributed by atoms with van der Waals surface area (Å²) in [6, 6.07) is -10.9. The number of benzene rings is 1. The molecule has 6 rings (SSSR count). The van der Waals surface area contributed by atoms with Crippen LogP contribution in [-0.2, 0) is 78.3 Å². The number of nitrogens with one attached hydrogen (secondary N) is 8. The Morgan fingerprint density at radius 2 is 0.980 bits per heavy atom. The molecule has 0 saturated carbocycles. The zero-order chi connectivity index (χ0) is 73.3. The summed E-state index contributed by atoms with van der Waals surface area (Å²) in [5, 5.41) is 60.9. The highest BCUT2D eigenvalue weighted by Gasteiger charge is 2.47. The number of hydrogen-bond donors (Lipinski definition) is 14. The van der Waals surface area contributed by atoms with Crippen molar-refractivity contribution in [2.75, 3.05) is 45.9 Å². The fraction of sp³-hybridized carbons (Fsp3) is 0.677. The second-order valence-corrected chi connectivity index (χ2v) is 27.0. The Bertz CT molecular complexity index is 3150. The van der Waals surface area contributed by atoms with E-state index in [0.29, 0.717) is 37.8 Å². The van der Waals surface area contributed by atoms with E-state index >= 15 is 0 Å². The standard InChI is InChI=1S/C65H99N15O19/c1-33(2)29-42(65(98)99)73-55(88)43(32-81)74-54(87)41(30-38-18-20-39(83)21-19-38)72-58(91)46-15-9-24-76(46)61(94)40(22-23-49(66)84)71-53(86)35(5)70-57(90)45-14-11-27-79(45)64(97)52(37(7)82)75-59(92)47-16-10-25-77(47)62(95)48-17-12-28-80(48)60(93)36(6)69-50(85)31-68-56(89)44-13-8-26-78(44)63(96)51(67)34(3)4/h18-21,33-37,40-48,51-52,81-83H,8-17,22-32,67H2,1-7H3,(H2,66,84)(H,68,89)(H,69,85)(H,70,90)(H,71,86)(H,72,91)(H,73,88)(H,74,87)(H,75,92)(H,98,99)/t35-,36-,37+,40-,41-,42-,43-,44-,45-,46-,47-,48-,51-,52-/m0/s1. The number of primary amides is 1. The SMILES string of the molecule is CC(C)C[C@H](NC(=O)[C@H](CO)NC(=O)[C@H](Cc1ccc(O)cc1)NC(=O)[C@@H]1CCCN1C(=O)[C@H](CCC(N)=O)NC(=O)[C@H](C)NC(=O)[C@@H]1CCCN1C(=O)[C@@H](NC(=O)[C@@H]1CCCN1C(=O)[C@@H]1CCCN1C(=O)[C@H](C)NC(=O)CNC(=O)[C@@H]1CCCN1C(=O)[C@@H](N)C(C)C)[C@@H](C)O)C(=O)O. The van der Waals surface area contributed by atoms with Crippen molar-refractivity contribution in [1.29, 1.82) is 0 Å². The molecule has 1 aromatic carbocycles. The van der Waals surface area contributed by atoms with Gasteiger partial charge in [0.15, 0.2) is 0 Å². The number of amides is 14. The number of phenolic OH excluding ortho intramolecular Hbond substituents is 1. The van der Waals surface area contributed by atoms with Crippen LogP contribution in [-0.4, -0.2) is 264 Å². The van der Waals surface area contributed by atoms with Gasteiger partial charge in [-0.25, -0.2) is 4.79 Å². The van der Waals surface area contributed by atoms with E-state index in [0.717, 1.165) is 9.80 Å². The van der Waals surface area contributed by atoms with Gasteiger partial charge in [-0.3, -0.25) is 67.1 Å². The second-order valence-electron chi connectivity index (χ2n) is 27.0. The summed E-state index contributed by atoms with van der Waals surface area (Å²) >= 11 is 0. The molecule has 0 aliphatic carbocycles. The number of carboxylic acids is 1. The van der Waals surface area contributed by atoms with Gasteiger partial charge in [-0.1, -0.05) is 39.8 Å². The lowest BCUT2D eigenvalue weighted by Gasteiger charge is -2.34. The van der Waals surface area contributed by atoms with Gasteiger partial charge in [0.2, 0.25) is 82.7 Å². The van der Waals surface area contributed by atoms with Gasteiger partial charge < -0.3 is 98.9 Å². The van der Waals surface area contributed by atoms with Crippen molar-refractivity contribution in [1.82, 2.24) is 67.0 Å².